The Balaban J connectivity index is 1.39. The smallest absolute Gasteiger partial charge is 0.227 e. The number of likely N-dealkylation sites (tertiary alicyclic amines) is 1. The Kier molecular flexibility index (Phi) is 7.55. The molecule has 2 fully saturated rings. The Morgan fingerprint density at radius 2 is 1.81 bits per heavy atom. The SMILES string of the molecule is CC(=O)Nc1ccc2nc(N3CCC(N4CCCC(CO)C4)CC3)nc(Nc3ccc(Cl)cc3)c2c1. The van der Waals surface area contributed by atoms with Crippen LogP contribution in [0.4, 0.5) is 23.1 Å². The van der Waals surface area contributed by atoms with E-state index in [1.807, 2.05) is 42.5 Å². The van der Waals surface area contributed by atoms with Gasteiger partial charge in [0.15, 0.2) is 0 Å². The predicted molar refractivity (Wildman–Crippen MR) is 145 cm³/mol. The maximum Gasteiger partial charge on any atom is 0.227 e. The average molecular weight is 509 g/mol. The van der Waals surface area contributed by atoms with Gasteiger partial charge in [0, 0.05) is 61.0 Å². The van der Waals surface area contributed by atoms with Gasteiger partial charge >= 0.3 is 0 Å². The minimum atomic E-state index is -0.124. The van der Waals surface area contributed by atoms with Crippen LogP contribution < -0.4 is 15.5 Å². The minimum absolute atomic E-state index is 0.124. The van der Waals surface area contributed by atoms with Gasteiger partial charge in [-0.1, -0.05) is 11.6 Å². The number of aliphatic hydroxyl groups is 1. The lowest BCUT2D eigenvalue weighted by atomic mass is 9.94. The number of aliphatic hydroxyl groups excluding tert-OH is 1. The molecule has 1 aromatic heterocycles. The van der Waals surface area contributed by atoms with Crippen molar-refractivity contribution in [1.29, 1.82) is 0 Å². The topological polar surface area (TPSA) is 93.6 Å². The Morgan fingerprint density at radius 3 is 2.53 bits per heavy atom. The van der Waals surface area contributed by atoms with Crippen molar-refractivity contribution in [3.63, 3.8) is 0 Å². The van der Waals surface area contributed by atoms with Crippen molar-refractivity contribution in [2.75, 3.05) is 48.3 Å². The number of nitrogens with zero attached hydrogens (tertiary/aromatic N) is 4. The third-order valence-corrected chi connectivity index (χ3v) is 7.44. The van der Waals surface area contributed by atoms with E-state index in [-0.39, 0.29) is 12.5 Å². The van der Waals surface area contributed by atoms with Gasteiger partial charge in [0.05, 0.1) is 5.52 Å². The first-order valence-electron chi connectivity index (χ1n) is 12.7. The molecule has 3 aromatic rings. The van der Waals surface area contributed by atoms with Gasteiger partial charge in [-0.3, -0.25) is 9.69 Å². The van der Waals surface area contributed by atoms with Crippen LogP contribution in [0.3, 0.4) is 0 Å². The van der Waals surface area contributed by atoms with Gasteiger partial charge in [-0.25, -0.2) is 4.98 Å². The molecular formula is C27H33ClN6O2. The molecule has 0 spiro atoms. The fourth-order valence-electron chi connectivity index (χ4n) is 5.31. The second-order valence-corrected chi connectivity index (χ2v) is 10.3. The summed E-state index contributed by atoms with van der Waals surface area (Å²) in [6, 6.07) is 13.7. The zero-order chi connectivity index (χ0) is 25.1. The molecule has 9 heteroatoms. The van der Waals surface area contributed by atoms with Gasteiger partial charge in [-0.15, -0.1) is 0 Å². The highest BCUT2D eigenvalue weighted by Gasteiger charge is 2.29. The number of fused-ring (bicyclic) bond motifs is 1. The molecule has 0 bridgehead atoms. The van der Waals surface area contributed by atoms with E-state index in [1.54, 1.807) is 0 Å². The Bertz CT molecular complexity index is 1210. The summed E-state index contributed by atoms with van der Waals surface area (Å²) in [6.07, 6.45) is 4.41. The fraction of sp³-hybridized carbons (Fsp3) is 0.444. The number of piperidine rings is 2. The van der Waals surface area contributed by atoms with Gasteiger partial charge in [-0.2, -0.15) is 4.98 Å². The maximum atomic E-state index is 11.6. The number of rotatable bonds is 6. The summed E-state index contributed by atoms with van der Waals surface area (Å²) in [5.41, 5.74) is 2.39. The van der Waals surface area contributed by atoms with Crippen molar-refractivity contribution in [3.8, 4) is 0 Å². The molecule has 3 N–H and O–H groups in total. The summed E-state index contributed by atoms with van der Waals surface area (Å²) in [5, 5.41) is 17.4. The average Bonchev–Trinajstić information content (AvgIpc) is 2.90. The predicted octanol–water partition coefficient (Wildman–Crippen LogP) is 4.66. The number of carbonyl (C=O) groups is 1. The van der Waals surface area contributed by atoms with Gasteiger partial charge in [0.25, 0.3) is 0 Å². The number of carbonyl (C=O) groups excluding carboxylic acids is 1. The summed E-state index contributed by atoms with van der Waals surface area (Å²) < 4.78 is 0. The third-order valence-electron chi connectivity index (χ3n) is 7.18. The Morgan fingerprint density at radius 1 is 1.06 bits per heavy atom. The van der Waals surface area contributed by atoms with E-state index in [0.717, 1.165) is 62.0 Å². The van der Waals surface area contributed by atoms with Crippen LogP contribution in [-0.2, 0) is 4.79 Å². The molecule has 2 aliphatic heterocycles. The summed E-state index contributed by atoms with van der Waals surface area (Å²) in [6.45, 7) is 5.68. The van der Waals surface area contributed by atoms with E-state index >= 15 is 0 Å². The standard InChI is InChI=1S/C27H33ClN6O2/c1-18(36)29-22-8-9-25-24(15-22)26(30-21-6-4-20(28)5-7-21)32-27(31-25)33-13-10-23(11-14-33)34-12-2-3-19(16-34)17-35/h4-9,15,19,23,35H,2-3,10-14,16-17H2,1H3,(H,29,36)(H,30,31,32). The molecule has 1 atom stereocenters. The number of aromatic nitrogens is 2. The normalized spacial score (nSPS) is 19.4. The molecule has 2 saturated heterocycles. The summed E-state index contributed by atoms with van der Waals surface area (Å²) in [4.78, 5) is 26.3. The molecule has 1 amide bonds. The van der Waals surface area contributed by atoms with Crippen LogP contribution in [0.25, 0.3) is 10.9 Å². The molecule has 0 radical (unpaired) electrons. The lowest BCUT2D eigenvalue weighted by Crippen LogP contribution is -2.49. The first kappa shape index (κ1) is 24.7. The highest BCUT2D eigenvalue weighted by Crippen LogP contribution is 2.31. The number of amides is 1. The Labute approximate surface area is 216 Å². The number of anilines is 4. The van der Waals surface area contributed by atoms with Crippen LogP contribution in [-0.4, -0.2) is 64.7 Å². The first-order valence-corrected chi connectivity index (χ1v) is 13.1. The van der Waals surface area contributed by atoms with Crippen LogP contribution >= 0.6 is 11.6 Å². The van der Waals surface area contributed by atoms with E-state index in [4.69, 9.17) is 21.6 Å². The highest BCUT2D eigenvalue weighted by atomic mass is 35.5. The second-order valence-electron chi connectivity index (χ2n) is 9.82. The highest BCUT2D eigenvalue weighted by molar-refractivity contribution is 6.30. The number of nitrogens with one attached hydrogen (secondary N) is 2. The number of halogens is 1. The molecule has 5 rings (SSSR count). The van der Waals surface area contributed by atoms with E-state index in [9.17, 15) is 9.90 Å². The van der Waals surface area contributed by atoms with Crippen molar-refractivity contribution in [1.82, 2.24) is 14.9 Å². The minimum Gasteiger partial charge on any atom is -0.396 e. The summed E-state index contributed by atoms with van der Waals surface area (Å²) in [7, 11) is 0. The summed E-state index contributed by atoms with van der Waals surface area (Å²) >= 11 is 6.07. The Hall–Kier alpha value is -2.94. The largest absolute Gasteiger partial charge is 0.396 e. The van der Waals surface area contributed by atoms with Gasteiger partial charge < -0.3 is 20.6 Å². The van der Waals surface area contributed by atoms with Crippen molar-refractivity contribution in [2.24, 2.45) is 5.92 Å². The molecule has 8 nitrogen and oxygen atoms in total. The van der Waals surface area contributed by atoms with Crippen LogP contribution in [0.2, 0.25) is 5.02 Å². The fourth-order valence-corrected chi connectivity index (χ4v) is 5.44. The van der Waals surface area contributed by atoms with Crippen LogP contribution in [0.5, 0.6) is 0 Å². The number of hydrogen-bond acceptors (Lipinski definition) is 7. The van der Waals surface area contributed by atoms with Crippen LogP contribution in [0.1, 0.15) is 32.6 Å². The number of hydrogen-bond donors (Lipinski definition) is 3. The molecule has 0 aliphatic carbocycles. The molecule has 0 saturated carbocycles. The van der Waals surface area contributed by atoms with Gasteiger partial charge in [-0.05, 0) is 80.6 Å². The summed E-state index contributed by atoms with van der Waals surface area (Å²) in [5.74, 6) is 1.68. The molecule has 2 aromatic carbocycles. The molecule has 36 heavy (non-hydrogen) atoms. The van der Waals surface area contributed by atoms with E-state index in [2.05, 4.69) is 20.4 Å². The number of benzene rings is 2. The van der Waals surface area contributed by atoms with Gasteiger partial charge in [0.1, 0.15) is 5.82 Å². The van der Waals surface area contributed by atoms with E-state index in [1.165, 1.54) is 13.3 Å². The first-order chi connectivity index (χ1) is 17.5. The van der Waals surface area contributed by atoms with Crippen molar-refractivity contribution in [2.45, 2.75) is 38.6 Å². The second kappa shape index (κ2) is 11.0. The quantitative estimate of drug-likeness (QED) is 0.446. The lowest BCUT2D eigenvalue weighted by Gasteiger charge is -2.42. The van der Waals surface area contributed by atoms with E-state index in [0.29, 0.717) is 34.4 Å². The lowest BCUT2D eigenvalue weighted by molar-refractivity contribution is -0.114. The molecule has 2 aliphatic rings. The van der Waals surface area contributed by atoms with Crippen LogP contribution in [0.15, 0.2) is 42.5 Å². The molecule has 1 unspecified atom stereocenters. The maximum absolute atomic E-state index is 11.6. The van der Waals surface area contributed by atoms with Crippen molar-refractivity contribution >= 4 is 51.6 Å². The molecule has 190 valence electrons. The van der Waals surface area contributed by atoms with Gasteiger partial charge in [0.2, 0.25) is 11.9 Å². The zero-order valence-electron chi connectivity index (χ0n) is 20.6. The van der Waals surface area contributed by atoms with Crippen LogP contribution in [0, 0.1) is 5.92 Å². The van der Waals surface area contributed by atoms with E-state index < -0.39 is 0 Å². The van der Waals surface area contributed by atoms with Crippen molar-refractivity contribution in [3.05, 3.63) is 47.5 Å². The zero-order valence-corrected chi connectivity index (χ0v) is 21.3. The molecular weight excluding hydrogens is 476 g/mol. The third kappa shape index (κ3) is 5.72. The van der Waals surface area contributed by atoms with Crippen molar-refractivity contribution < 1.29 is 9.90 Å². The monoisotopic (exact) mass is 508 g/mol. The molecule has 3 heterocycles.